The Morgan fingerprint density at radius 3 is 2.85 bits per heavy atom. The number of rotatable bonds is 4. The summed E-state index contributed by atoms with van der Waals surface area (Å²) in [7, 11) is 1.61. The minimum absolute atomic E-state index is 0.0319. The van der Waals surface area contributed by atoms with Crippen LogP contribution < -0.4 is 15.8 Å². The molecule has 2 atom stereocenters. The molecule has 0 spiro atoms. The SMILES string of the molecule is COc1ccc(NC(=O)CC2CCCCC2N)cc1Br. The highest BCUT2D eigenvalue weighted by atomic mass is 79.9. The summed E-state index contributed by atoms with van der Waals surface area (Å²) in [6, 6.07) is 5.67. The Bertz CT molecular complexity index is 479. The van der Waals surface area contributed by atoms with Crippen molar-refractivity contribution in [1.82, 2.24) is 0 Å². The van der Waals surface area contributed by atoms with E-state index < -0.39 is 0 Å². The smallest absolute Gasteiger partial charge is 0.224 e. The van der Waals surface area contributed by atoms with Crippen molar-refractivity contribution in [3.63, 3.8) is 0 Å². The zero-order valence-corrected chi connectivity index (χ0v) is 13.3. The summed E-state index contributed by atoms with van der Waals surface area (Å²) in [5.41, 5.74) is 6.85. The number of nitrogens with one attached hydrogen (secondary N) is 1. The molecule has 0 aliphatic heterocycles. The molecule has 1 aliphatic carbocycles. The van der Waals surface area contributed by atoms with Gasteiger partial charge in [-0.3, -0.25) is 4.79 Å². The Labute approximate surface area is 128 Å². The minimum atomic E-state index is 0.0319. The first-order chi connectivity index (χ1) is 9.60. The Balaban J connectivity index is 1.92. The van der Waals surface area contributed by atoms with Crippen molar-refractivity contribution in [3.8, 4) is 5.75 Å². The van der Waals surface area contributed by atoms with Crippen LogP contribution in [0, 0.1) is 5.92 Å². The molecule has 5 heteroatoms. The highest BCUT2D eigenvalue weighted by Crippen LogP contribution is 2.29. The molecule has 1 aliphatic rings. The number of hydrogen-bond donors (Lipinski definition) is 2. The van der Waals surface area contributed by atoms with E-state index >= 15 is 0 Å². The lowest BCUT2D eigenvalue weighted by molar-refractivity contribution is -0.117. The van der Waals surface area contributed by atoms with E-state index in [1.54, 1.807) is 7.11 Å². The zero-order valence-electron chi connectivity index (χ0n) is 11.7. The molecule has 4 nitrogen and oxygen atoms in total. The van der Waals surface area contributed by atoms with E-state index in [1.165, 1.54) is 12.8 Å². The normalized spacial score (nSPS) is 22.4. The van der Waals surface area contributed by atoms with Gasteiger partial charge in [-0.15, -0.1) is 0 Å². The number of nitrogens with two attached hydrogens (primary N) is 1. The lowest BCUT2D eigenvalue weighted by Gasteiger charge is -2.27. The lowest BCUT2D eigenvalue weighted by Crippen LogP contribution is -2.35. The van der Waals surface area contributed by atoms with Crippen LogP contribution in [0.5, 0.6) is 5.75 Å². The second kappa shape index (κ2) is 7.09. The molecule has 1 aromatic carbocycles. The molecule has 0 bridgehead atoms. The van der Waals surface area contributed by atoms with E-state index in [0.717, 1.165) is 28.8 Å². The van der Waals surface area contributed by atoms with Gasteiger partial charge in [0.1, 0.15) is 5.75 Å². The quantitative estimate of drug-likeness (QED) is 0.883. The summed E-state index contributed by atoms with van der Waals surface area (Å²) >= 11 is 3.41. The number of carbonyl (C=O) groups is 1. The molecule has 2 unspecified atom stereocenters. The van der Waals surface area contributed by atoms with Crippen LogP contribution >= 0.6 is 15.9 Å². The number of anilines is 1. The fourth-order valence-corrected chi connectivity index (χ4v) is 3.22. The Hall–Kier alpha value is -1.07. The lowest BCUT2D eigenvalue weighted by atomic mass is 9.83. The Morgan fingerprint density at radius 2 is 2.20 bits per heavy atom. The van der Waals surface area contributed by atoms with Gasteiger partial charge in [0, 0.05) is 18.2 Å². The predicted octanol–water partition coefficient (Wildman–Crippen LogP) is 3.30. The maximum atomic E-state index is 12.1. The Morgan fingerprint density at radius 1 is 1.45 bits per heavy atom. The van der Waals surface area contributed by atoms with Crippen molar-refractivity contribution in [1.29, 1.82) is 0 Å². The number of carbonyl (C=O) groups excluding carboxylic acids is 1. The molecule has 110 valence electrons. The van der Waals surface area contributed by atoms with Crippen LogP contribution in [0.2, 0.25) is 0 Å². The minimum Gasteiger partial charge on any atom is -0.496 e. The maximum Gasteiger partial charge on any atom is 0.224 e. The van der Waals surface area contributed by atoms with Gasteiger partial charge in [0.15, 0.2) is 0 Å². The first-order valence-electron chi connectivity index (χ1n) is 6.99. The molecular formula is C15H21BrN2O2. The summed E-state index contributed by atoms with van der Waals surface area (Å²) < 4.78 is 5.99. The van der Waals surface area contributed by atoms with Crippen molar-refractivity contribution in [2.24, 2.45) is 11.7 Å². The summed E-state index contributed by atoms with van der Waals surface area (Å²) in [6.07, 6.45) is 4.96. The average Bonchev–Trinajstić information content (AvgIpc) is 2.41. The molecule has 0 radical (unpaired) electrons. The summed E-state index contributed by atoms with van der Waals surface area (Å²) in [5, 5.41) is 2.92. The van der Waals surface area contributed by atoms with Gasteiger partial charge in [-0.25, -0.2) is 0 Å². The molecule has 1 amide bonds. The van der Waals surface area contributed by atoms with Gasteiger partial charge >= 0.3 is 0 Å². The van der Waals surface area contributed by atoms with Crippen LogP contribution in [-0.2, 0) is 4.79 Å². The predicted molar refractivity (Wildman–Crippen MR) is 83.9 cm³/mol. The fraction of sp³-hybridized carbons (Fsp3) is 0.533. The van der Waals surface area contributed by atoms with Crippen LogP contribution in [0.4, 0.5) is 5.69 Å². The molecule has 1 saturated carbocycles. The largest absolute Gasteiger partial charge is 0.496 e. The number of amides is 1. The Kier molecular flexibility index (Phi) is 5.43. The second-order valence-corrected chi connectivity index (χ2v) is 6.16. The molecule has 3 N–H and O–H groups in total. The number of ether oxygens (including phenoxy) is 1. The molecule has 1 aromatic rings. The van der Waals surface area contributed by atoms with Crippen molar-refractivity contribution in [2.75, 3.05) is 12.4 Å². The first-order valence-corrected chi connectivity index (χ1v) is 7.78. The summed E-state index contributed by atoms with van der Waals surface area (Å²) in [5.74, 6) is 1.09. The van der Waals surface area contributed by atoms with Gasteiger partial charge in [-0.05, 0) is 52.9 Å². The van der Waals surface area contributed by atoms with Gasteiger partial charge in [-0.1, -0.05) is 12.8 Å². The zero-order chi connectivity index (χ0) is 14.5. The summed E-state index contributed by atoms with van der Waals surface area (Å²) in [4.78, 5) is 12.1. The van der Waals surface area contributed by atoms with E-state index in [0.29, 0.717) is 12.3 Å². The first kappa shape index (κ1) is 15.3. The molecular weight excluding hydrogens is 320 g/mol. The van der Waals surface area contributed by atoms with Gasteiger partial charge in [0.25, 0.3) is 0 Å². The molecule has 20 heavy (non-hydrogen) atoms. The van der Waals surface area contributed by atoms with Crippen LogP contribution in [-0.4, -0.2) is 19.1 Å². The van der Waals surface area contributed by atoms with Crippen LogP contribution in [0.3, 0.4) is 0 Å². The van der Waals surface area contributed by atoms with Gasteiger partial charge in [0.05, 0.1) is 11.6 Å². The highest BCUT2D eigenvalue weighted by Gasteiger charge is 2.24. The van der Waals surface area contributed by atoms with Gasteiger partial charge in [0.2, 0.25) is 5.91 Å². The van der Waals surface area contributed by atoms with Crippen LogP contribution in [0.25, 0.3) is 0 Å². The van der Waals surface area contributed by atoms with E-state index in [1.807, 2.05) is 18.2 Å². The van der Waals surface area contributed by atoms with E-state index in [9.17, 15) is 4.79 Å². The van der Waals surface area contributed by atoms with E-state index in [-0.39, 0.29) is 11.9 Å². The third kappa shape index (κ3) is 3.96. The molecule has 0 heterocycles. The second-order valence-electron chi connectivity index (χ2n) is 5.31. The van der Waals surface area contributed by atoms with Gasteiger partial charge in [-0.2, -0.15) is 0 Å². The topological polar surface area (TPSA) is 64.3 Å². The summed E-state index contributed by atoms with van der Waals surface area (Å²) in [6.45, 7) is 0. The number of methoxy groups -OCH3 is 1. The van der Waals surface area contributed by atoms with Crippen LogP contribution in [0.15, 0.2) is 22.7 Å². The molecule has 2 rings (SSSR count). The van der Waals surface area contributed by atoms with Crippen LogP contribution in [0.1, 0.15) is 32.1 Å². The standard InChI is InChI=1S/C15H21BrN2O2/c1-20-14-7-6-11(9-12(14)16)18-15(19)8-10-4-2-3-5-13(10)17/h6-7,9-10,13H,2-5,8,17H2,1H3,(H,18,19). The average molecular weight is 341 g/mol. The third-order valence-electron chi connectivity index (χ3n) is 3.85. The molecule has 0 saturated heterocycles. The number of benzene rings is 1. The van der Waals surface area contributed by atoms with E-state index in [4.69, 9.17) is 10.5 Å². The van der Waals surface area contributed by atoms with E-state index in [2.05, 4.69) is 21.2 Å². The molecule has 0 aromatic heterocycles. The van der Waals surface area contributed by atoms with Gasteiger partial charge < -0.3 is 15.8 Å². The fourth-order valence-electron chi connectivity index (χ4n) is 2.68. The molecule has 1 fully saturated rings. The van der Waals surface area contributed by atoms with Crippen molar-refractivity contribution in [3.05, 3.63) is 22.7 Å². The maximum absolute atomic E-state index is 12.1. The van der Waals surface area contributed by atoms with Crippen molar-refractivity contribution in [2.45, 2.75) is 38.1 Å². The van der Waals surface area contributed by atoms with Crippen molar-refractivity contribution >= 4 is 27.5 Å². The number of hydrogen-bond acceptors (Lipinski definition) is 3. The third-order valence-corrected chi connectivity index (χ3v) is 4.47. The number of halogens is 1. The monoisotopic (exact) mass is 340 g/mol. The van der Waals surface area contributed by atoms with Crippen molar-refractivity contribution < 1.29 is 9.53 Å². The highest BCUT2D eigenvalue weighted by molar-refractivity contribution is 9.10.